The summed E-state index contributed by atoms with van der Waals surface area (Å²) in [5.41, 5.74) is 0.649. The predicted molar refractivity (Wildman–Crippen MR) is 133 cm³/mol. The van der Waals surface area contributed by atoms with E-state index in [1.165, 1.54) is 30.6 Å². The molecule has 3 saturated heterocycles. The number of anilines is 1. The molecule has 0 N–H and O–H groups in total. The van der Waals surface area contributed by atoms with E-state index in [1.54, 1.807) is 0 Å². The van der Waals surface area contributed by atoms with Crippen LogP contribution in [0.4, 0.5) is 5.69 Å². The van der Waals surface area contributed by atoms with Gasteiger partial charge in [0.1, 0.15) is 5.75 Å². The molecule has 7 heteroatoms. The zero-order valence-corrected chi connectivity index (χ0v) is 20.8. The summed E-state index contributed by atoms with van der Waals surface area (Å²) in [6.45, 7) is 9.61. The van der Waals surface area contributed by atoms with E-state index in [9.17, 15) is 9.59 Å². The van der Waals surface area contributed by atoms with Crippen molar-refractivity contribution in [1.82, 2.24) is 9.80 Å². The third-order valence-electron chi connectivity index (χ3n) is 7.53. The first kappa shape index (κ1) is 25.1. The number of hydrogen-bond acceptors (Lipinski definition) is 6. The number of carbonyl (C=O) groups is 2. The molecule has 2 amide bonds. The molecule has 0 spiro atoms. The molecule has 1 atom stereocenters. The van der Waals surface area contributed by atoms with Crippen LogP contribution < -0.4 is 9.64 Å². The molecule has 0 aliphatic carbocycles. The largest absolute Gasteiger partial charge is 0.494 e. The van der Waals surface area contributed by atoms with Gasteiger partial charge in [0.05, 0.1) is 38.0 Å². The van der Waals surface area contributed by atoms with Gasteiger partial charge in [-0.1, -0.05) is 26.2 Å². The number of imide groups is 1. The summed E-state index contributed by atoms with van der Waals surface area (Å²) in [6, 6.07) is 7.07. The Morgan fingerprint density at radius 1 is 0.971 bits per heavy atom. The highest BCUT2D eigenvalue weighted by atomic mass is 16.5. The minimum absolute atomic E-state index is 0.0787. The van der Waals surface area contributed by atoms with Crippen molar-refractivity contribution in [3.05, 3.63) is 24.3 Å². The average molecular weight is 472 g/mol. The minimum atomic E-state index is -0.317. The van der Waals surface area contributed by atoms with E-state index < -0.39 is 0 Å². The SMILES string of the molecule is CCCCCCOc1ccc(N2C(=O)C[C@H](N3CCC(CCN4CCOCC4)CC3)C2=O)cc1. The summed E-state index contributed by atoms with van der Waals surface area (Å²) < 4.78 is 11.2. The van der Waals surface area contributed by atoms with Crippen LogP contribution in [-0.4, -0.2) is 80.2 Å². The zero-order valence-electron chi connectivity index (χ0n) is 20.8. The topological polar surface area (TPSA) is 62.3 Å². The Labute approximate surface area is 204 Å². The lowest BCUT2D eigenvalue weighted by molar-refractivity contribution is -0.123. The molecule has 0 unspecified atom stereocenters. The van der Waals surface area contributed by atoms with Crippen molar-refractivity contribution in [2.45, 2.75) is 64.3 Å². The second-order valence-electron chi connectivity index (χ2n) is 9.91. The third-order valence-corrected chi connectivity index (χ3v) is 7.53. The summed E-state index contributed by atoms with van der Waals surface area (Å²) in [5, 5.41) is 0. The highest BCUT2D eigenvalue weighted by molar-refractivity contribution is 6.22. The molecule has 3 fully saturated rings. The Hall–Kier alpha value is -1.96. The van der Waals surface area contributed by atoms with Gasteiger partial charge >= 0.3 is 0 Å². The second-order valence-corrected chi connectivity index (χ2v) is 9.91. The van der Waals surface area contributed by atoms with Crippen LogP contribution in [0, 0.1) is 5.92 Å². The van der Waals surface area contributed by atoms with Crippen LogP contribution in [0.15, 0.2) is 24.3 Å². The summed E-state index contributed by atoms with van der Waals surface area (Å²) >= 11 is 0. The number of carbonyl (C=O) groups excluding carboxylic acids is 2. The second kappa shape index (κ2) is 12.7. The lowest BCUT2D eigenvalue weighted by Crippen LogP contribution is -2.46. The molecule has 1 aromatic rings. The Morgan fingerprint density at radius 3 is 2.41 bits per heavy atom. The van der Waals surface area contributed by atoms with Gasteiger partial charge in [-0.3, -0.25) is 19.4 Å². The lowest BCUT2D eigenvalue weighted by atomic mass is 9.92. The summed E-state index contributed by atoms with van der Waals surface area (Å²) in [6.07, 6.45) is 8.37. The molecule has 188 valence electrons. The van der Waals surface area contributed by atoms with E-state index in [0.29, 0.717) is 18.2 Å². The third kappa shape index (κ3) is 6.58. The molecular weight excluding hydrogens is 430 g/mol. The minimum Gasteiger partial charge on any atom is -0.494 e. The van der Waals surface area contributed by atoms with Gasteiger partial charge in [-0.2, -0.15) is 0 Å². The van der Waals surface area contributed by atoms with E-state index in [1.807, 2.05) is 24.3 Å². The molecule has 7 nitrogen and oxygen atoms in total. The first-order valence-electron chi connectivity index (χ1n) is 13.3. The van der Waals surface area contributed by atoms with Gasteiger partial charge in [-0.15, -0.1) is 0 Å². The van der Waals surface area contributed by atoms with E-state index in [-0.39, 0.29) is 24.3 Å². The normalized spacial score (nSPS) is 23.1. The zero-order chi connectivity index (χ0) is 23.8. The van der Waals surface area contributed by atoms with Gasteiger partial charge in [0.25, 0.3) is 5.91 Å². The molecule has 0 radical (unpaired) electrons. The lowest BCUT2D eigenvalue weighted by Gasteiger charge is -2.36. The number of piperidine rings is 1. The predicted octanol–water partition coefficient (Wildman–Crippen LogP) is 3.71. The number of morpholine rings is 1. The van der Waals surface area contributed by atoms with Crippen molar-refractivity contribution in [2.24, 2.45) is 5.92 Å². The number of nitrogens with zero attached hydrogens (tertiary/aromatic N) is 3. The molecule has 3 aliphatic rings. The Kier molecular flexibility index (Phi) is 9.36. The fourth-order valence-corrected chi connectivity index (χ4v) is 5.33. The monoisotopic (exact) mass is 471 g/mol. The van der Waals surface area contributed by atoms with Crippen molar-refractivity contribution in [3.63, 3.8) is 0 Å². The van der Waals surface area contributed by atoms with E-state index in [0.717, 1.165) is 70.9 Å². The molecule has 3 heterocycles. The quantitative estimate of drug-likeness (QED) is 0.362. The van der Waals surface area contributed by atoms with Gasteiger partial charge in [-0.25, -0.2) is 4.90 Å². The first-order chi connectivity index (χ1) is 16.7. The summed E-state index contributed by atoms with van der Waals surface area (Å²) in [4.78, 5) is 32.1. The van der Waals surface area contributed by atoms with Crippen molar-refractivity contribution < 1.29 is 19.1 Å². The van der Waals surface area contributed by atoms with Crippen molar-refractivity contribution in [2.75, 3.05) is 57.4 Å². The number of ether oxygens (including phenoxy) is 2. The Morgan fingerprint density at radius 2 is 1.71 bits per heavy atom. The molecule has 34 heavy (non-hydrogen) atoms. The highest BCUT2D eigenvalue weighted by Crippen LogP contribution is 2.30. The van der Waals surface area contributed by atoms with Crippen molar-refractivity contribution in [3.8, 4) is 5.75 Å². The molecule has 0 saturated carbocycles. The molecule has 0 aromatic heterocycles. The number of likely N-dealkylation sites (tertiary alicyclic amines) is 1. The Bertz CT molecular complexity index is 786. The van der Waals surface area contributed by atoms with Crippen molar-refractivity contribution >= 4 is 17.5 Å². The number of unbranched alkanes of at least 4 members (excludes halogenated alkanes) is 3. The maximum absolute atomic E-state index is 13.2. The number of amides is 2. The number of benzene rings is 1. The van der Waals surface area contributed by atoms with E-state index >= 15 is 0 Å². The fraction of sp³-hybridized carbons (Fsp3) is 0.704. The number of rotatable bonds is 11. The van der Waals surface area contributed by atoms with Crippen LogP contribution in [0.3, 0.4) is 0 Å². The molecule has 0 bridgehead atoms. The van der Waals surface area contributed by atoms with Crippen LogP contribution in [0.2, 0.25) is 0 Å². The van der Waals surface area contributed by atoms with Gasteiger partial charge in [-0.05, 0) is 75.5 Å². The van der Waals surface area contributed by atoms with Gasteiger partial charge in [0.2, 0.25) is 5.91 Å². The van der Waals surface area contributed by atoms with Crippen LogP contribution in [0.1, 0.15) is 58.3 Å². The molecular formula is C27H41N3O4. The first-order valence-corrected chi connectivity index (χ1v) is 13.3. The van der Waals surface area contributed by atoms with Crippen LogP contribution in [-0.2, 0) is 14.3 Å². The number of hydrogen-bond donors (Lipinski definition) is 0. The molecule has 3 aliphatic heterocycles. The standard InChI is InChI=1S/C27H41N3O4/c1-2-3-4-5-18-34-24-8-6-23(7-9-24)30-26(31)21-25(27(30)32)29-14-11-22(12-15-29)10-13-28-16-19-33-20-17-28/h6-9,22,25H,2-5,10-21H2,1H3/t25-/m0/s1. The molecule has 1 aromatic carbocycles. The average Bonchev–Trinajstić information content (AvgIpc) is 3.17. The van der Waals surface area contributed by atoms with Crippen molar-refractivity contribution in [1.29, 1.82) is 0 Å². The maximum Gasteiger partial charge on any atom is 0.251 e. The molecule has 4 rings (SSSR count). The van der Waals surface area contributed by atoms with E-state index in [4.69, 9.17) is 9.47 Å². The maximum atomic E-state index is 13.2. The Balaban J connectivity index is 1.23. The van der Waals surface area contributed by atoms with Gasteiger partial charge in [0, 0.05) is 13.1 Å². The smallest absolute Gasteiger partial charge is 0.251 e. The summed E-state index contributed by atoms with van der Waals surface area (Å²) in [7, 11) is 0. The van der Waals surface area contributed by atoms with Gasteiger partial charge in [0.15, 0.2) is 0 Å². The summed E-state index contributed by atoms with van der Waals surface area (Å²) in [5.74, 6) is 1.31. The highest BCUT2D eigenvalue weighted by Gasteiger charge is 2.43. The van der Waals surface area contributed by atoms with Crippen LogP contribution in [0.5, 0.6) is 5.75 Å². The van der Waals surface area contributed by atoms with Gasteiger partial charge < -0.3 is 9.47 Å². The fourth-order valence-electron chi connectivity index (χ4n) is 5.33. The van der Waals surface area contributed by atoms with Crippen LogP contribution >= 0.6 is 0 Å². The van der Waals surface area contributed by atoms with E-state index in [2.05, 4.69) is 16.7 Å². The van der Waals surface area contributed by atoms with Crippen LogP contribution in [0.25, 0.3) is 0 Å².